The highest BCUT2D eigenvalue weighted by molar-refractivity contribution is 6.38. The molecule has 10 heteroatoms. The minimum atomic E-state index is -1.97. The number of aryl methyl sites for hydroxylation is 1. The molecule has 1 unspecified atom stereocenters. The van der Waals surface area contributed by atoms with E-state index in [0.717, 1.165) is 6.07 Å². The van der Waals surface area contributed by atoms with E-state index in [1.54, 1.807) is 20.8 Å². The number of allylic oxidation sites excluding steroid dienone is 1. The Morgan fingerprint density at radius 2 is 1.48 bits per heavy atom. The second kappa shape index (κ2) is 9.52. The highest BCUT2D eigenvalue weighted by Gasteiger charge is 2.64. The minimum Gasteiger partial charge on any atom is -0.508 e. The van der Waals surface area contributed by atoms with E-state index in [2.05, 4.69) is 0 Å². The number of carbonyl (C=O) groups is 3. The lowest BCUT2D eigenvalue weighted by atomic mass is 9.47. The normalized spacial score (nSPS) is 18.7. The van der Waals surface area contributed by atoms with Gasteiger partial charge in [-0.2, -0.15) is 0 Å². The fourth-order valence-electron chi connectivity index (χ4n) is 6.69. The van der Waals surface area contributed by atoms with Crippen molar-refractivity contribution < 1.29 is 44.3 Å². The molecule has 0 saturated carbocycles. The number of halogens is 1. The van der Waals surface area contributed by atoms with Crippen molar-refractivity contribution >= 4 is 34.7 Å². The SMILES string of the molecule is COc1cc(-c2c(C)cc(O)cc2OC)c2c(c1Cl)C(=O)C1(CC(C)=O)C(=C2O)C(=O)c2c(O)cc(O)cc2C1(C)C. The number of hydrogen-bond donors (Lipinski definition) is 4. The Balaban J connectivity index is 2.03. The second-order valence-corrected chi connectivity index (χ2v) is 11.6. The van der Waals surface area contributed by atoms with Crippen molar-refractivity contribution in [2.24, 2.45) is 5.41 Å². The van der Waals surface area contributed by atoms with E-state index in [-0.39, 0.29) is 61.4 Å². The number of ether oxygens (including phenoxy) is 2. The van der Waals surface area contributed by atoms with E-state index in [9.17, 15) is 34.8 Å². The van der Waals surface area contributed by atoms with Crippen LogP contribution in [-0.4, -0.2) is 52.0 Å². The topological polar surface area (TPSA) is 151 Å². The van der Waals surface area contributed by atoms with Crippen molar-refractivity contribution in [3.8, 4) is 39.9 Å². The summed E-state index contributed by atoms with van der Waals surface area (Å²) < 4.78 is 11.1. The summed E-state index contributed by atoms with van der Waals surface area (Å²) in [4.78, 5) is 42.1. The van der Waals surface area contributed by atoms with Crippen LogP contribution in [0.5, 0.6) is 28.7 Å². The van der Waals surface area contributed by atoms with Crippen LogP contribution in [0.3, 0.4) is 0 Å². The number of aliphatic hydroxyl groups excluding tert-OH is 1. The molecule has 0 heterocycles. The fourth-order valence-corrected chi connectivity index (χ4v) is 7.01. The Morgan fingerprint density at radius 3 is 2.07 bits per heavy atom. The van der Waals surface area contributed by atoms with Gasteiger partial charge >= 0.3 is 0 Å². The maximum absolute atomic E-state index is 15.0. The molecular formula is C32H29ClO9. The molecule has 1 atom stereocenters. The Labute approximate surface area is 246 Å². The summed E-state index contributed by atoms with van der Waals surface area (Å²) in [6.07, 6.45) is -0.482. The molecule has 0 radical (unpaired) electrons. The molecule has 0 bridgehead atoms. The molecule has 4 N–H and O–H groups in total. The third-order valence-electron chi connectivity index (χ3n) is 8.55. The van der Waals surface area contributed by atoms with Crippen molar-refractivity contribution in [3.05, 3.63) is 68.7 Å². The van der Waals surface area contributed by atoms with Crippen molar-refractivity contribution in [3.63, 3.8) is 0 Å². The van der Waals surface area contributed by atoms with Crippen molar-refractivity contribution in [2.45, 2.75) is 39.5 Å². The summed E-state index contributed by atoms with van der Waals surface area (Å²) in [7, 11) is 2.74. The number of Topliss-reactive ketones (excluding diaryl/α,β-unsaturated/α-hetero) is 3. The molecule has 0 saturated heterocycles. The molecule has 0 aromatic heterocycles. The molecule has 218 valence electrons. The van der Waals surface area contributed by atoms with E-state index < -0.39 is 46.1 Å². The van der Waals surface area contributed by atoms with Gasteiger partial charge in [-0.05, 0) is 43.2 Å². The molecule has 0 amide bonds. The zero-order chi connectivity index (χ0) is 31.0. The molecule has 0 aliphatic heterocycles. The number of rotatable bonds is 5. The van der Waals surface area contributed by atoms with Gasteiger partial charge in [0.05, 0.1) is 41.4 Å². The predicted molar refractivity (Wildman–Crippen MR) is 155 cm³/mol. The zero-order valence-electron chi connectivity index (χ0n) is 23.8. The monoisotopic (exact) mass is 592 g/mol. The number of ketones is 3. The Kier molecular flexibility index (Phi) is 6.58. The summed E-state index contributed by atoms with van der Waals surface area (Å²) in [5.41, 5.74) is -2.96. The Morgan fingerprint density at radius 1 is 0.857 bits per heavy atom. The fraction of sp³-hybridized carbons (Fsp3) is 0.281. The number of methoxy groups -OCH3 is 2. The van der Waals surface area contributed by atoms with Gasteiger partial charge in [-0.15, -0.1) is 0 Å². The third-order valence-corrected chi connectivity index (χ3v) is 8.92. The molecular weight excluding hydrogens is 564 g/mol. The van der Waals surface area contributed by atoms with Gasteiger partial charge in [-0.3, -0.25) is 14.4 Å². The average Bonchev–Trinajstić information content (AvgIpc) is 2.89. The van der Waals surface area contributed by atoms with Gasteiger partial charge in [0.2, 0.25) is 0 Å². The smallest absolute Gasteiger partial charge is 0.197 e. The molecule has 5 rings (SSSR count). The average molecular weight is 593 g/mol. The summed E-state index contributed by atoms with van der Waals surface area (Å²) in [6.45, 7) is 6.18. The first-order chi connectivity index (χ1) is 19.6. The standard InChI is InChI=1S/C32H29ClO9/c1-13-7-15(35)10-20(41-5)22(13)17-11-21(42-6)27(33)25-23(17)28(38)26-29(39)24-18(8-16(36)9-19(24)37)31(3,4)32(26,30(25)40)12-14(2)34/h7-11,35-38H,12H2,1-6H3. The quantitative estimate of drug-likeness (QED) is 0.277. The highest BCUT2D eigenvalue weighted by atomic mass is 35.5. The number of benzene rings is 3. The number of phenolic OH excluding ortho intramolecular Hbond substituents is 3. The van der Waals surface area contributed by atoms with Crippen LogP contribution < -0.4 is 9.47 Å². The number of aromatic hydroxyl groups is 3. The van der Waals surface area contributed by atoms with Gasteiger partial charge in [0.1, 0.15) is 40.3 Å². The lowest BCUT2D eigenvalue weighted by molar-refractivity contribution is -0.119. The van der Waals surface area contributed by atoms with E-state index in [4.69, 9.17) is 21.1 Å². The van der Waals surface area contributed by atoms with Crippen LogP contribution in [0.1, 0.15) is 64.6 Å². The van der Waals surface area contributed by atoms with E-state index >= 15 is 0 Å². The summed E-state index contributed by atoms with van der Waals surface area (Å²) in [5.74, 6) is -3.31. The second-order valence-electron chi connectivity index (χ2n) is 11.2. The lowest BCUT2D eigenvalue weighted by Gasteiger charge is -2.52. The van der Waals surface area contributed by atoms with Crippen molar-refractivity contribution in [1.29, 1.82) is 0 Å². The number of carbonyl (C=O) groups excluding carboxylic acids is 3. The molecule has 0 spiro atoms. The van der Waals surface area contributed by atoms with Crippen LogP contribution in [-0.2, 0) is 10.2 Å². The van der Waals surface area contributed by atoms with E-state index in [0.29, 0.717) is 11.1 Å². The van der Waals surface area contributed by atoms with Crippen LogP contribution >= 0.6 is 11.6 Å². The molecule has 2 aliphatic carbocycles. The number of phenols is 3. The maximum atomic E-state index is 15.0. The van der Waals surface area contributed by atoms with Crippen LogP contribution in [0.25, 0.3) is 16.9 Å². The minimum absolute atomic E-state index is 0.0816. The van der Waals surface area contributed by atoms with E-state index in [1.165, 1.54) is 45.4 Å². The van der Waals surface area contributed by atoms with Gasteiger partial charge in [0.25, 0.3) is 0 Å². The van der Waals surface area contributed by atoms with Crippen LogP contribution in [0.15, 0.2) is 35.9 Å². The van der Waals surface area contributed by atoms with Crippen LogP contribution in [0, 0.1) is 12.3 Å². The molecule has 3 aromatic carbocycles. The van der Waals surface area contributed by atoms with Crippen LogP contribution in [0.2, 0.25) is 5.02 Å². The zero-order valence-corrected chi connectivity index (χ0v) is 24.6. The Hall–Kier alpha value is -4.50. The molecule has 0 fully saturated rings. The number of aliphatic hydroxyl groups is 1. The Bertz CT molecular complexity index is 1780. The first-order valence-electron chi connectivity index (χ1n) is 13.0. The molecule has 2 aliphatic rings. The summed E-state index contributed by atoms with van der Waals surface area (Å²) in [6, 6.07) is 6.59. The first kappa shape index (κ1) is 29.0. The number of hydrogen-bond acceptors (Lipinski definition) is 9. The van der Waals surface area contributed by atoms with Crippen molar-refractivity contribution in [2.75, 3.05) is 14.2 Å². The molecule has 42 heavy (non-hydrogen) atoms. The van der Waals surface area contributed by atoms with Gasteiger partial charge < -0.3 is 29.9 Å². The molecule has 9 nitrogen and oxygen atoms in total. The summed E-state index contributed by atoms with van der Waals surface area (Å²) in [5, 5.41) is 43.4. The van der Waals surface area contributed by atoms with Gasteiger partial charge in [-0.1, -0.05) is 25.4 Å². The largest absolute Gasteiger partial charge is 0.508 e. The molecule has 3 aromatic rings. The van der Waals surface area contributed by atoms with Crippen molar-refractivity contribution in [1.82, 2.24) is 0 Å². The van der Waals surface area contributed by atoms with Gasteiger partial charge in [-0.25, -0.2) is 0 Å². The van der Waals surface area contributed by atoms with Crippen LogP contribution in [0.4, 0.5) is 0 Å². The first-order valence-corrected chi connectivity index (χ1v) is 13.4. The van der Waals surface area contributed by atoms with E-state index in [1.807, 2.05) is 0 Å². The summed E-state index contributed by atoms with van der Waals surface area (Å²) >= 11 is 6.79. The third kappa shape index (κ3) is 3.66. The highest BCUT2D eigenvalue weighted by Crippen LogP contribution is 2.63. The predicted octanol–water partition coefficient (Wildman–Crippen LogP) is 6.05. The lowest BCUT2D eigenvalue weighted by Crippen LogP contribution is -2.56. The van der Waals surface area contributed by atoms with Gasteiger partial charge in [0, 0.05) is 40.7 Å². The number of fused-ring (bicyclic) bond motifs is 3. The van der Waals surface area contributed by atoms with Gasteiger partial charge in [0.15, 0.2) is 11.6 Å². The maximum Gasteiger partial charge on any atom is 0.197 e.